The van der Waals surface area contributed by atoms with Crippen LogP contribution in [0.3, 0.4) is 0 Å². The first-order valence-electron chi connectivity index (χ1n) is 9.54. The van der Waals surface area contributed by atoms with Crippen LogP contribution in [0.4, 0.5) is 4.79 Å². The highest BCUT2D eigenvalue weighted by molar-refractivity contribution is 6.08. The lowest BCUT2D eigenvalue weighted by atomic mass is 9.92. The minimum atomic E-state index is -0.891. The van der Waals surface area contributed by atoms with Gasteiger partial charge in [-0.2, -0.15) is 0 Å². The van der Waals surface area contributed by atoms with Crippen LogP contribution in [0.25, 0.3) is 11.1 Å². The molecular weight excluding hydrogens is 348 g/mol. The molecule has 1 atom stereocenters. The molecule has 2 aliphatic rings. The largest absolute Gasteiger partial charge is 0.325 e. The number of fused-ring (bicyclic) bond motifs is 2. The highest BCUT2D eigenvalue weighted by Gasteiger charge is 2.55. The number of imide groups is 1. The van der Waals surface area contributed by atoms with Crippen molar-refractivity contribution in [2.45, 2.75) is 24.9 Å². The van der Waals surface area contributed by atoms with E-state index >= 15 is 0 Å². The van der Waals surface area contributed by atoms with Gasteiger partial charge in [0.1, 0.15) is 5.54 Å². The number of aryl methyl sites for hydroxylation is 1. The van der Waals surface area contributed by atoms with E-state index in [2.05, 4.69) is 17.4 Å². The smallest absolute Gasteiger partial charge is 0.319 e. The summed E-state index contributed by atoms with van der Waals surface area (Å²) in [6, 6.07) is 25.8. The maximum absolute atomic E-state index is 13.2. The highest BCUT2D eigenvalue weighted by Crippen LogP contribution is 2.41. The van der Waals surface area contributed by atoms with Gasteiger partial charge in [-0.15, -0.1) is 0 Å². The summed E-state index contributed by atoms with van der Waals surface area (Å²) in [6.07, 6.45) is 1.43. The second kappa shape index (κ2) is 6.34. The lowest BCUT2D eigenvalue weighted by molar-refractivity contribution is -0.132. The molecule has 3 aromatic rings. The SMILES string of the molecule is O=C1N[C@@]2(CCc3ccccc32)C(=O)N1Cc1ccc(-c2ccccc2)cc1. The fourth-order valence-corrected chi connectivity index (χ4v) is 4.35. The van der Waals surface area contributed by atoms with Gasteiger partial charge >= 0.3 is 6.03 Å². The van der Waals surface area contributed by atoms with E-state index in [-0.39, 0.29) is 18.5 Å². The predicted molar refractivity (Wildman–Crippen MR) is 107 cm³/mol. The Morgan fingerprint density at radius 2 is 1.50 bits per heavy atom. The van der Waals surface area contributed by atoms with E-state index < -0.39 is 5.54 Å². The fourth-order valence-electron chi connectivity index (χ4n) is 4.35. The van der Waals surface area contributed by atoms with Gasteiger partial charge in [-0.3, -0.25) is 9.69 Å². The van der Waals surface area contributed by atoms with Crippen molar-refractivity contribution in [1.29, 1.82) is 0 Å². The number of urea groups is 1. The second-order valence-corrected chi connectivity index (χ2v) is 7.45. The minimum absolute atomic E-state index is 0.144. The predicted octanol–water partition coefficient (Wildman–Crippen LogP) is 4.25. The Labute approximate surface area is 163 Å². The molecule has 5 rings (SSSR count). The molecular formula is C24H20N2O2. The summed E-state index contributed by atoms with van der Waals surface area (Å²) in [5.41, 5.74) is 4.39. The van der Waals surface area contributed by atoms with E-state index in [9.17, 15) is 9.59 Å². The Balaban J connectivity index is 1.39. The van der Waals surface area contributed by atoms with E-state index in [1.54, 1.807) is 0 Å². The molecule has 138 valence electrons. The quantitative estimate of drug-likeness (QED) is 0.703. The zero-order valence-electron chi connectivity index (χ0n) is 15.4. The standard InChI is InChI=1S/C24H20N2O2/c27-22-24(15-14-20-8-4-5-9-21(20)24)25-23(28)26(22)16-17-10-12-19(13-11-17)18-6-2-1-3-7-18/h1-13H,14-16H2,(H,25,28)/t24-/m1/s1. The molecule has 1 aliphatic carbocycles. The average Bonchev–Trinajstić information content (AvgIpc) is 3.23. The Morgan fingerprint density at radius 1 is 0.821 bits per heavy atom. The zero-order chi connectivity index (χ0) is 19.1. The molecule has 1 spiro atoms. The molecule has 0 saturated carbocycles. The number of nitrogens with zero attached hydrogens (tertiary/aromatic N) is 1. The van der Waals surface area contributed by atoms with Crippen molar-refractivity contribution in [2.24, 2.45) is 0 Å². The van der Waals surface area contributed by atoms with Gasteiger partial charge in [0.15, 0.2) is 0 Å². The van der Waals surface area contributed by atoms with Crippen molar-refractivity contribution in [1.82, 2.24) is 10.2 Å². The van der Waals surface area contributed by atoms with Gasteiger partial charge < -0.3 is 5.32 Å². The topological polar surface area (TPSA) is 49.4 Å². The molecule has 0 bridgehead atoms. The number of benzene rings is 3. The van der Waals surface area contributed by atoms with Crippen LogP contribution in [0.1, 0.15) is 23.1 Å². The number of amides is 3. The first kappa shape index (κ1) is 16.8. The van der Waals surface area contributed by atoms with Crippen molar-refractivity contribution >= 4 is 11.9 Å². The van der Waals surface area contributed by atoms with Crippen LogP contribution >= 0.6 is 0 Å². The van der Waals surface area contributed by atoms with Crippen LogP contribution in [0, 0.1) is 0 Å². The first-order valence-corrected chi connectivity index (χ1v) is 9.54. The summed E-state index contributed by atoms with van der Waals surface area (Å²) in [6.45, 7) is 0.281. The Morgan fingerprint density at radius 3 is 2.29 bits per heavy atom. The Bertz CT molecular complexity index is 1060. The molecule has 4 nitrogen and oxygen atoms in total. The molecule has 1 fully saturated rings. The summed E-state index contributed by atoms with van der Waals surface area (Å²) in [7, 11) is 0. The summed E-state index contributed by atoms with van der Waals surface area (Å²) < 4.78 is 0. The molecule has 1 aliphatic heterocycles. The lowest BCUT2D eigenvalue weighted by Gasteiger charge is -2.22. The van der Waals surface area contributed by atoms with E-state index in [1.165, 1.54) is 4.90 Å². The van der Waals surface area contributed by atoms with Crippen LogP contribution in [0.15, 0.2) is 78.9 Å². The van der Waals surface area contributed by atoms with E-state index in [1.807, 2.05) is 66.7 Å². The van der Waals surface area contributed by atoms with E-state index in [0.717, 1.165) is 34.2 Å². The third-order valence-corrected chi connectivity index (χ3v) is 5.82. The van der Waals surface area contributed by atoms with Gasteiger partial charge in [0, 0.05) is 0 Å². The van der Waals surface area contributed by atoms with Gasteiger partial charge in [0.05, 0.1) is 6.54 Å². The highest BCUT2D eigenvalue weighted by atomic mass is 16.2. The van der Waals surface area contributed by atoms with Gasteiger partial charge in [-0.05, 0) is 40.7 Å². The lowest BCUT2D eigenvalue weighted by Crippen LogP contribution is -2.41. The maximum Gasteiger partial charge on any atom is 0.325 e. The first-order chi connectivity index (χ1) is 13.7. The van der Waals surface area contributed by atoms with Crippen LogP contribution < -0.4 is 5.32 Å². The van der Waals surface area contributed by atoms with Crippen LogP contribution in [0.2, 0.25) is 0 Å². The molecule has 3 amide bonds. The number of hydrogen-bond acceptors (Lipinski definition) is 2. The van der Waals surface area contributed by atoms with Crippen molar-refractivity contribution in [3.05, 3.63) is 95.6 Å². The average molecular weight is 368 g/mol. The van der Waals surface area contributed by atoms with Gasteiger partial charge in [0.2, 0.25) is 0 Å². The summed E-state index contributed by atoms with van der Waals surface area (Å²) in [4.78, 5) is 27.2. The fraction of sp³-hybridized carbons (Fsp3) is 0.167. The third kappa shape index (κ3) is 2.53. The normalized spacial score (nSPS) is 20.5. The van der Waals surface area contributed by atoms with E-state index in [4.69, 9.17) is 0 Å². The monoisotopic (exact) mass is 368 g/mol. The molecule has 1 heterocycles. The number of carbonyl (C=O) groups excluding carboxylic acids is 2. The molecule has 1 N–H and O–H groups in total. The summed E-state index contributed by atoms with van der Waals surface area (Å²) >= 11 is 0. The Kier molecular flexibility index (Phi) is 3.79. The Hall–Kier alpha value is -3.40. The zero-order valence-corrected chi connectivity index (χ0v) is 15.4. The van der Waals surface area contributed by atoms with Crippen molar-refractivity contribution in [3.8, 4) is 11.1 Å². The van der Waals surface area contributed by atoms with Crippen LogP contribution in [-0.4, -0.2) is 16.8 Å². The molecule has 0 unspecified atom stereocenters. The number of carbonyl (C=O) groups is 2. The molecule has 4 heteroatoms. The van der Waals surface area contributed by atoms with Crippen molar-refractivity contribution < 1.29 is 9.59 Å². The van der Waals surface area contributed by atoms with Crippen LogP contribution in [-0.2, 0) is 23.3 Å². The van der Waals surface area contributed by atoms with Crippen molar-refractivity contribution in [3.63, 3.8) is 0 Å². The molecule has 0 radical (unpaired) electrons. The molecule has 3 aromatic carbocycles. The molecule has 28 heavy (non-hydrogen) atoms. The van der Waals surface area contributed by atoms with Crippen LogP contribution in [0.5, 0.6) is 0 Å². The summed E-state index contributed by atoms with van der Waals surface area (Å²) in [5.74, 6) is -0.144. The third-order valence-electron chi connectivity index (χ3n) is 5.82. The second-order valence-electron chi connectivity index (χ2n) is 7.45. The van der Waals surface area contributed by atoms with Crippen molar-refractivity contribution in [2.75, 3.05) is 0 Å². The maximum atomic E-state index is 13.2. The number of nitrogens with one attached hydrogen (secondary N) is 1. The number of rotatable bonds is 3. The number of hydrogen-bond donors (Lipinski definition) is 1. The van der Waals surface area contributed by atoms with Gasteiger partial charge in [-0.1, -0.05) is 78.9 Å². The van der Waals surface area contributed by atoms with Gasteiger partial charge in [0.25, 0.3) is 5.91 Å². The summed E-state index contributed by atoms with van der Waals surface area (Å²) in [5, 5.41) is 2.98. The van der Waals surface area contributed by atoms with E-state index in [0.29, 0.717) is 6.42 Å². The molecule has 1 saturated heterocycles. The molecule has 0 aromatic heterocycles. The minimum Gasteiger partial charge on any atom is -0.319 e. The van der Waals surface area contributed by atoms with Gasteiger partial charge in [-0.25, -0.2) is 4.79 Å².